The molecule has 2 aromatic carbocycles. The van der Waals surface area contributed by atoms with Crippen LogP contribution in [0.5, 0.6) is 11.5 Å². The van der Waals surface area contributed by atoms with Crippen LogP contribution in [-0.2, 0) is 0 Å². The van der Waals surface area contributed by atoms with E-state index in [4.69, 9.17) is 9.47 Å². The maximum Gasteiger partial charge on any atom is 0.133 e. The van der Waals surface area contributed by atoms with Crippen molar-refractivity contribution in [1.82, 2.24) is 0 Å². The third-order valence-corrected chi connectivity index (χ3v) is 4.84. The van der Waals surface area contributed by atoms with Crippen molar-refractivity contribution in [2.75, 3.05) is 14.2 Å². The Morgan fingerprint density at radius 2 is 1.60 bits per heavy atom. The van der Waals surface area contributed by atoms with Crippen LogP contribution >= 0.6 is 31.9 Å². The fourth-order valence-electron chi connectivity index (χ4n) is 2.12. The van der Waals surface area contributed by atoms with E-state index in [0.717, 1.165) is 21.5 Å². The van der Waals surface area contributed by atoms with E-state index in [9.17, 15) is 0 Å². The smallest absolute Gasteiger partial charge is 0.133 e. The van der Waals surface area contributed by atoms with Gasteiger partial charge in [0.15, 0.2) is 0 Å². The Balaban J connectivity index is 2.53. The molecule has 0 aliphatic heterocycles. The second-order valence-electron chi connectivity index (χ2n) is 4.45. The first-order valence-corrected chi connectivity index (χ1v) is 7.90. The summed E-state index contributed by atoms with van der Waals surface area (Å²) in [6.07, 6.45) is 0. The number of benzene rings is 2. The van der Waals surface area contributed by atoms with Crippen LogP contribution in [-0.4, -0.2) is 14.2 Å². The Bertz CT molecular complexity index is 611. The van der Waals surface area contributed by atoms with Crippen molar-refractivity contribution in [2.45, 2.75) is 11.8 Å². The molecule has 1 atom stereocenters. The molecule has 106 valence electrons. The highest BCUT2D eigenvalue weighted by Crippen LogP contribution is 2.42. The predicted molar refractivity (Wildman–Crippen MR) is 89.2 cm³/mol. The van der Waals surface area contributed by atoms with Gasteiger partial charge in [-0.3, -0.25) is 0 Å². The number of rotatable bonds is 4. The maximum absolute atomic E-state index is 5.49. The number of halogens is 2. The summed E-state index contributed by atoms with van der Waals surface area (Å²) in [6, 6.07) is 12.2. The average Bonchev–Trinajstić information content (AvgIpc) is 2.46. The first kappa shape index (κ1) is 15.4. The van der Waals surface area contributed by atoms with E-state index in [-0.39, 0.29) is 4.83 Å². The summed E-state index contributed by atoms with van der Waals surface area (Å²) in [6.45, 7) is 2.10. The molecule has 0 radical (unpaired) electrons. The summed E-state index contributed by atoms with van der Waals surface area (Å²) in [5, 5.41) is 0. The van der Waals surface area contributed by atoms with Crippen LogP contribution in [0.2, 0.25) is 0 Å². The van der Waals surface area contributed by atoms with E-state index in [2.05, 4.69) is 50.9 Å². The third-order valence-electron chi connectivity index (χ3n) is 3.24. The van der Waals surface area contributed by atoms with Gasteiger partial charge in [-0.1, -0.05) is 40.2 Å². The van der Waals surface area contributed by atoms with Gasteiger partial charge in [-0.15, -0.1) is 0 Å². The molecule has 0 heterocycles. The second kappa shape index (κ2) is 6.64. The minimum Gasteiger partial charge on any atom is -0.496 e. The lowest BCUT2D eigenvalue weighted by Crippen LogP contribution is -2.00. The molecule has 2 aromatic rings. The number of aryl methyl sites for hydroxylation is 1. The van der Waals surface area contributed by atoms with Gasteiger partial charge in [-0.2, -0.15) is 0 Å². The highest BCUT2D eigenvalue weighted by atomic mass is 79.9. The molecule has 0 aliphatic carbocycles. The first-order chi connectivity index (χ1) is 9.58. The highest BCUT2D eigenvalue weighted by molar-refractivity contribution is 9.10. The summed E-state index contributed by atoms with van der Waals surface area (Å²) in [5.74, 6) is 1.61. The van der Waals surface area contributed by atoms with Gasteiger partial charge < -0.3 is 9.47 Å². The molecular weight excluding hydrogens is 384 g/mol. The fraction of sp³-hybridized carbons (Fsp3) is 0.250. The molecule has 0 amide bonds. The standard InChI is InChI=1S/C16H16Br2O2/c1-10-6-4-5-7-11(10)16(18)12-8-15(20-3)13(17)9-14(12)19-2/h4-9,16H,1-3H3. The molecule has 2 nitrogen and oxygen atoms in total. The molecule has 0 aliphatic rings. The van der Waals surface area contributed by atoms with Gasteiger partial charge in [0.25, 0.3) is 0 Å². The Labute approximate surface area is 136 Å². The summed E-state index contributed by atoms with van der Waals surface area (Å²) in [7, 11) is 3.34. The number of hydrogen-bond acceptors (Lipinski definition) is 2. The van der Waals surface area contributed by atoms with Crippen LogP contribution in [0.15, 0.2) is 40.9 Å². The zero-order chi connectivity index (χ0) is 14.7. The van der Waals surface area contributed by atoms with Gasteiger partial charge in [-0.25, -0.2) is 0 Å². The molecule has 0 aromatic heterocycles. The third kappa shape index (κ3) is 3.01. The second-order valence-corrected chi connectivity index (χ2v) is 6.22. The molecule has 0 N–H and O–H groups in total. The summed E-state index contributed by atoms with van der Waals surface area (Å²) < 4.78 is 11.8. The van der Waals surface area contributed by atoms with Crippen LogP contribution in [0.1, 0.15) is 21.5 Å². The van der Waals surface area contributed by atoms with Crippen LogP contribution in [0.25, 0.3) is 0 Å². The van der Waals surface area contributed by atoms with Gasteiger partial charge in [0.1, 0.15) is 11.5 Å². The average molecular weight is 400 g/mol. The SMILES string of the molecule is COc1cc(C(Br)c2ccccc2C)c(OC)cc1Br. The van der Waals surface area contributed by atoms with Crippen LogP contribution in [0.4, 0.5) is 0 Å². The van der Waals surface area contributed by atoms with Crippen LogP contribution in [0.3, 0.4) is 0 Å². The Morgan fingerprint density at radius 3 is 2.20 bits per heavy atom. The first-order valence-electron chi connectivity index (χ1n) is 6.19. The fourth-order valence-corrected chi connectivity index (χ4v) is 3.48. The van der Waals surface area contributed by atoms with E-state index < -0.39 is 0 Å². The van der Waals surface area contributed by atoms with E-state index in [0.29, 0.717) is 0 Å². The Kier molecular flexibility index (Phi) is 5.11. The van der Waals surface area contributed by atoms with Crippen molar-refractivity contribution < 1.29 is 9.47 Å². The zero-order valence-corrected chi connectivity index (χ0v) is 14.8. The van der Waals surface area contributed by atoms with Crippen molar-refractivity contribution in [1.29, 1.82) is 0 Å². The normalized spacial score (nSPS) is 12.1. The zero-order valence-electron chi connectivity index (χ0n) is 11.6. The highest BCUT2D eigenvalue weighted by Gasteiger charge is 2.19. The number of alkyl halides is 1. The van der Waals surface area contributed by atoms with Crippen molar-refractivity contribution in [3.8, 4) is 11.5 Å². The van der Waals surface area contributed by atoms with Crippen LogP contribution in [0, 0.1) is 6.92 Å². The molecule has 0 spiro atoms. The van der Waals surface area contributed by atoms with Crippen molar-refractivity contribution in [3.05, 3.63) is 57.6 Å². The molecule has 0 saturated carbocycles. The van der Waals surface area contributed by atoms with E-state index in [1.807, 2.05) is 24.3 Å². The van der Waals surface area contributed by atoms with Gasteiger partial charge >= 0.3 is 0 Å². The van der Waals surface area contributed by atoms with E-state index in [1.54, 1.807) is 14.2 Å². The number of methoxy groups -OCH3 is 2. The molecule has 0 saturated heterocycles. The largest absolute Gasteiger partial charge is 0.496 e. The lowest BCUT2D eigenvalue weighted by Gasteiger charge is -2.18. The quantitative estimate of drug-likeness (QED) is 0.653. The topological polar surface area (TPSA) is 18.5 Å². The summed E-state index contributed by atoms with van der Waals surface area (Å²) in [4.78, 5) is 0.0562. The summed E-state index contributed by atoms with van der Waals surface area (Å²) in [5.41, 5.74) is 3.50. The Morgan fingerprint density at radius 1 is 0.950 bits per heavy atom. The summed E-state index contributed by atoms with van der Waals surface area (Å²) >= 11 is 7.26. The Hall–Kier alpha value is -1.00. The van der Waals surface area contributed by atoms with Crippen molar-refractivity contribution >= 4 is 31.9 Å². The maximum atomic E-state index is 5.49. The molecule has 2 rings (SSSR count). The van der Waals surface area contributed by atoms with Crippen molar-refractivity contribution in [3.63, 3.8) is 0 Å². The van der Waals surface area contributed by atoms with E-state index >= 15 is 0 Å². The molecule has 0 fully saturated rings. The molecule has 0 bridgehead atoms. The van der Waals surface area contributed by atoms with Crippen molar-refractivity contribution in [2.24, 2.45) is 0 Å². The van der Waals surface area contributed by atoms with Crippen LogP contribution < -0.4 is 9.47 Å². The van der Waals surface area contributed by atoms with Gasteiger partial charge in [0.2, 0.25) is 0 Å². The minimum absolute atomic E-state index is 0.0562. The molecule has 4 heteroatoms. The van der Waals surface area contributed by atoms with E-state index in [1.165, 1.54) is 11.1 Å². The lowest BCUT2D eigenvalue weighted by molar-refractivity contribution is 0.397. The number of hydrogen-bond donors (Lipinski definition) is 0. The molecule has 1 unspecified atom stereocenters. The predicted octanol–water partition coefficient (Wildman–Crippen LogP) is 5.26. The van der Waals surface area contributed by atoms with Gasteiger partial charge in [0, 0.05) is 5.56 Å². The minimum atomic E-state index is 0.0562. The molecule has 20 heavy (non-hydrogen) atoms. The lowest BCUT2D eigenvalue weighted by atomic mass is 9.99. The molecular formula is C16H16Br2O2. The van der Waals surface area contributed by atoms with Gasteiger partial charge in [-0.05, 0) is 46.1 Å². The number of ether oxygens (including phenoxy) is 2. The monoisotopic (exact) mass is 398 g/mol. The van der Waals surface area contributed by atoms with Gasteiger partial charge in [0.05, 0.1) is 23.5 Å².